The Morgan fingerprint density at radius 3 is 2.70 bits per heavy atom. The van der Waals surface area contributed by atoms with Gasteiger partial charge in [-0.1, -0.05) is 46.3 Å². The number of aromatic nitrogens is 2. The van der Waals surface area contributed by atoms with Crippen molar-refractivity contribution in [2.24, 2.45) is 0 Å². The summed E-state index contributed by atoms with van der Waals surface area (Å²) in [6.45, 7) is 4.03. The fourth-order valence-electron chi connectivity index (χ4n) is 2.07. The molecule has 0 spiro atoms. The van der Waals surface area contributed by atoms with Gasteiger partial charge in [0.05, 0.1) is 0 Å². The van der Waals surface area contributed by atoms with Crippen LogP contribution in [0.3, 0.4) is 0 Å². The van der Waals surface area contributed by atoms with Crippen molar-refractivity contribution in [2.75, 3.05) is 16.8 Å². The zero-order chi connectivity index (χ0) is 14.4. The Labute approximate surface area is 127 Å². The molecular formula is C15H18BrN3O. The Kier molecular flexibility index (Phi) is 5.35. The van der Waals surface area contributed by atoms with E-state index in [1.54, 1.807) is 17.0 Å². The summed E-state index contributed by atoms with van der Waals surface area (Å²) in [4.78, 5) is 18.6. The molecule has 106 valence electrons. The fraction of sp³-hybridized carbons (Fsp3) is 0.333. The molecule has 5 heteroatoms. The number of hydrogen-bond donors (Lipinski definition) is 0. The molecule has 0 fully saturated rings. The minimum Gasteiger partial charge on any atom is -0.347 e. The molecule has 0 saturated carbocycles. The highest BCUT2D eigenvalue weighted by Crippen LogP contribution is 2.10. The molecule has 0 saturated heterocycles. The second-order valence-corrected chi connectivity index (χ2v) is 5.23. The van der Waals surface area contributed by atoms with Crippen molar-refractivity contribution in [1.29, 1.82) is 0 Å². The van der Waals surface area contributed by atoms with Crippen molar-refractivity contribution in [3.8, 4) is 0 Å². The summed E-state index contributed by atoms with van der Waals surface area (Å²) < 4.78 is 1.68. The molecule has 1 aromatic heterocycles. The molecule has 2 rings (SSSR count). The van der Waals surface area contributed by atoms with Gasteiger partial charge in [-0.25, -0.2) is 4.98 Å². The number of nitrogens with zero attached hydrogens (tertiary/aromatic N) is 3. The quantitative estimate of drug-likeness (QED) is 0.762. The third-order valence-electron chi connectivity index (χ3n) is 3.11. The molecule has 1 aromatic carbocycles. The van der Waals surface area contributed by atoms with E-state index in [2.05, 4.69) is 33.0 Å². The number of rotatable bonds is 6. The normalized spacial score (nSPS) is 10.5. The van der Waals surface area contributed by atoms with Crippen molar-refractivity contribution >= 4 is 21.7 Å². The van der Waals surface area contributed by atoms with Crippen LogP contribution in [0, 0.1) is 0 Å². The zero-order valence-corrected chi connectivity index (χ0v) is 13.1. The van der Waals surface area contributed by atoms with E-state index in [1.807, 2.05) is 30.0 Å². The Morgan fingerprint density at radius 1 is 1.30 bits per heavy atom. The van der Waals surface area contributed by atoms with Gasteiger partial charge in [0.15, 0.2) is 5.82 Å². The lowest BCUT2D eigenvalue weighted by molar-refractivity contribution is 0.700. The lowest BCUT2D eigenvalue weighted by Gasteiger charge is -2.22. The Balaban J connectivity index is 2.31. The summed E-state index contributed by atoms with van der Waals surface area (Å²) in [6.07, 6.45) is 3.41. The summed E-state index contributed by atoms with van der Waals surface area (Å²) in [7, 11) is 0. The summed E-state index contributed by atoms with van der Waals surface area (Å²) in [5.41, 5.74) is 1.13. The number of anilines is 1. The third-order valence-corrected chi connectivity index (χ3v) is 3.46. The predicted molar refractivity (Wildman–Crippen MR) is 85.5 cm³/mol. The van der Waals surface area contributed by atoms with Gasteiger partial charge in [-0.2, -0.15) is 0 Å². The largest absolute Gasteiger partial charge is 0.347 e. The minimum atomic E-state index is -0.0353. The molecule has 1 heterocycles. The van der Waals surface area contributed by atoms with Gasteiger partial charge in [-0.15, -0.1) is 0 Å². The highest BCUT2D eigenvalue weighted by molar-refractivity contribution is 9.09. The molecule has 4 nitrogen and oxygen atoms in total. The van der Waals surface area contributed by atoms with Crippen LogP contribution in [0.15, 0.2) is 47.5 Å². The standard InChI is InChI=1S/C15H18BrN3O/c1-2-18-11-9-17-14(15(18)20)19(10-8-16)12-13-6-4-3-5-7-13/h3-7,9,11H,2,8,10,12H2,1H3. The fourth-order valence-corrected chi connectivity index (χ4v) is 2.50. The topological polar surface area (TPSA) is 38.1 Å². The second-order valence-electron chi connectivity index (χ2n) is 4.44. The number of alkyl halides is 1. The average molecular weight is 336 g/mol. The summed E-state index contributed by atoms with van der Waals surface area (Å²) >= 11 is 3.44. The average Bonchev–Trinajstić information content (AvgIpc) is 2.48. The van der Waals surface area contributed by atoms with E-state index < -0.39 is 0 Å². The van der Waals surface area contributed by atoms with E-state index in [9.17, 15) is 4.79 Å². The van der Waals surface area contributed by atoms with Gasteiger partial charge < -0.3 is 9.47 Å². The summed E-state index contributed by atoms with van der Waals surface area (Å²) in [5, 5.41) is 0.794. The summed E-state index contributed by atoms with van der Waals surface area (Å²) in [5.74, 6) is 0.512. The van der Waals surface area contributed by atoms with Gasteiger partial charge in [0.2, 0.25) is 0 Å². The van der Waals surface area contributed by atoms with Crippen molar-refractivity contribution in [2.45, 2.75) is 20.0 Å². The van der Waals surface area contributed by atoms with Crippen LogP contribution >= 0.6 is 15.9 Å². The lowest BCUT2D eigenvalue weighted by Crippen LogP contribution is -2.34. The van der Waals surface area contributed by atoms with Crippen LogP contribution < -0.4 is 10.5 Å². The monoisotopic (exact) mass is 335 g/mol. The molecule has 0 atom stereocenters. The number of aryl methyl sites for hydroxylation is 1. The number of halogens is 1. The minimum absolute atomic E-state index is 0.0353. The van der Waals surface area contributed by atoms with Crippen LogP contribution in [0.1, 0.15) is 12.5 Å². The zero-order valence-electron chi connectivity index (χ0n) is 11.5. The molecule has 0 bridgehead atoms. The number of benzene rings is 1. The van der Waals surface area contributed by atoms with Crippen molar-refractivity contribution < 1.29 is 0 Å². The van der Waals surface area contributed by atoms with Crippen molar-refractivity contribution in [3.63, 3.8) is 0 Å². The molecule has 20 heavy (non-hydrogen) atoms. The van der Waals surface area contributed by atoms with Gasteiger partial charge in [-0.05, 0) is 12.5 Å². The maximum absolute atomic E-state index is 12.3. The third kappa shape index (κ3) is 3.48. The van der Waals surface area contributed by atoms with E-state index in [1.165, 1.54) is 5.56 Å². The van der Waals surface area contributed by atoms with Crippen LogP contribution in [-0.4, -0.2) is 21.4 Å². The van der Waals surface area contributed by atoms with Gasteiger partial charge in [0.1, 0.15) is 0 Å². The van der Waals surface area contributed by atoms with Gasteiger partial charge in [0.25, 0.3) is 5.56 Å². The van der Waals surface area contributed by atoms with Crippen LogP contribution in [0.4, 0.5) is 5.82 Å². The predicted octanol–water partition coefficient (Wildman–Crippen LogP) is 2.66. The highest BCUT2D eigenvalue weighted by Gasteiger charge is 2.13. The van der Waals surface area contributed by atoms with E-state index in [0.717, 1.165) is 11.9 Å². The van der Waals surface area contributed by atoms with Crippen LogP contribution in [0.2, 0.25) is 0 Å². The SMILES string of the molecule is CCn1ccnc(N(CCBr)Cc2ccccc2)c1=O. The molecular weight excluding hydrogens is 318 g/mol. The highest BCUT2D eigenvalue weighted by atomic mass is 79.9. The molecule has 0 unspecified atom stereocenters. The molecule has 0 N–H and O–H groups in total. The van der Waals surface area contributed by atoms with Crippen molar-refractivity contribution in [3.05, 3.63) is 58.6 Å². The summed E-state index contributed by atoms with van der Waals surface area (Å²) in [6, 6.07) is 10.1. The van der Waals surface area contributed by atoms with Gasteiger partial charge in [0, 0.05) is 37.4 Å². The van der Waals surface area contributed by atoms with Crippen molar-refractivity contribution in [1.82, 2.24) is 9.55 Å². The first kappa shape index (κ1) is 14.8. The van der Waals surface area contributed by atoms with E-state index in [-0.39, 0.29) is 5.56 Å². The Morgan fingerprint density at radius 2 is 2.05 bits per heavy atom. The first-order valence-corrected chi connectivity index (χ1v) is 7.78. The molecule has 0 aliphatic rings. The van der Waals surface area contributed by atoms with E-state index >= 15 is 0 Å². The Bertz CT molecular complexity index is 598. The van der Waals surface area contributed by atoms with Gasteiger partial charge in [-0.3, -0.25) is 4.79 Å². The van der Waals surface area contributed by atoms with E-state index in [4.69, 9.17) is 0 Å². The molecule has 2 aromatic rings. The first-order chi connectivity index (χ1) is 9.76. The maximum atomic E-state index is 12.3. The Hall–Kier alpha value is -1.62. The van der Waals surface area contributed by atoms with Crippen LogP contribution in [-0.2, 0) is 13.1 Å². The smallest absolute Gasteiger partial charge is 0.293 e. The van der Waals surface area contributed by atoms with Crippen LogP contribution in [0.25, 0.3) is 0 Å². The molecule has 0 aliphatic heterocycles. The first-order valence-electron chi connectivity index (χ1n) is 6.66. The maximum Gasteiger partial charge on any atom is 0.293 e. The molecule has 0 amide bonds. The molecule has 0 aliphatic carbocycles. The van der Waals surface area contributed by atoms with Gasteiger partial charge >= 0.3 is 0 Å². The van der Waals surface area contributed by atoms with E-state index in [0.29, 0.717) is 18.9 Å². The lowest BCUT2D eigenvalue weighted by atomic mass is 10.2. The molecule has 0 radical (unpaired) electrons. The number of hydrogen-bond acceptors (Lipinski definition) is 3. The second kappa shape index (κ2) is 7.24. The van der Waals surface area contributed by atoms with Crippen LogP contribution in [0.5, 0.6) is 0 Å².